The quantitative estimate of drug-likeness (QED) is 0.608. The molecule has 31 heavy (non-hydrogen) atoms. The highest BCUT2D eigenvalue weighted by Gasteiger charge is 2.45. The second-order valence-corrected chi connectivity index (χ2v) is 8.50. The summed E-state index contributed by atoms with van der Waals surface area (Å²) >= 11 is 0. The minimum atomic E-state index is -0.222. The number of carbonyl (C=O) groups is 1. The summed E-state index contributed by atoms with van der Waals surface area (Å²) in [5.74, 6) is 0. The molecular weight excluding hydrogens is 386 g/mol. The third kappa shape index (κ3) is 3.72. The highest BCUT2D eigenvalue weighted by atomic mass is 16.6. The van der Waals surface area contributed by atoms with Crippen molar-refractivity contribution in [3.05, 3.63) is 90.0 Å². The van der Waals surface area contributed by atoms with Gasteiger partial charge in [-0.15, -0.1) is 0 Å². The van der Waals surface area contributed by atoms with E-state index in [1.54, 1.807) is 0 Å². The summed E-state index contributed by atoms with van der Waals surface area (Å²) in [5, 5.41) is 0. The number of piperidine rings is 1. The Bertz CT molecular complexity index is 1060. The first kappa shape index (κ1) is 19.5. The van der Waals surface area contributed by atoms with Crippen LogP contribution in [0.3, 0.4) is 0 Å². The van der Waals surface area contributed by atoms with Gasteiger partial charge in [0.1, 0.15) is 6.61 Å². The summed E-state index contributed by atoms with van der Waals surface area (Å²) < 4.78 is 5.55. The molecule has 5 rings (SSSR count). The third-order valence-electron chi connectivity index (χ3n) is 6.62. The maximum absolute atomic E-state index is 12.6. The molecule has 3 aromatic carbocycles. The summed E-state index contributed by atoms with van der Waals surface area (Å²) in [6, 6.07) is 26.5. The number of carbonyl (C=O) groups excluding carboxylic acids is 1. The number of nitrogens with zero attached hydrogens (tertiary/aromatic N) is 2. The van der Waals surface area contributed by atoms with Gasteiger partial charge in [0.05, 0.1) is 0 Å². The van der Waals surface area contributed by atoms with E-state index in [0.717, 1.165) is 36.3 Å². The van der Waals surface area contributed by atoms with Gasteiger partial charge in [-0.05, 0) is 54.3 Å². The van der Waals surface area contributed by atoms with Gasteiger partial charge in [-0.1, -0.05) is 48.5 Å². The number of para-hydroxylation sites is 1. The number of anilines is 3. The predicted molar refractivity (Wildman–Crippen MR) is 123 cm³/mol. The zero-order valence-electron chi connectivity index (χ0n) is 17.5. The second kappa shape index (κ2) is 7.99. The molecule has 5 nitrogen and oxygen atoms in total. The summed E-state index contributed by atoms with van der Waals surface area (Å²) in [6.07, 6.45) is 1.63. The molecule has 158 valence electrons. The molecule has 1 saturated heterocycles. The molecule has 2 heterocycles. The van der Waals surface area contributed by atoms with E-state index in [0.29, 0.717) is 19.7 Å². The first-order valence-electron chi connectivity index (χ1n) is 10.8. The number of likely N-dealkylation sites (tertiary alicyclic amines) is 1. The van der Waals surface area contributed by atoms with Crippen LogP contribution in [-0.2, 0) is 16.8 Å². The largest absolute Gasteiger partial charge is 0.445 e. The normalized spacial score (nSPS) is 16.9. The van der Waals surface area contributed by atoms with E-state index in [2.05, 4.69) is 41.3 Å². The number of ether oxygens (including phenoxy) is 1. The Hall–Kier alpha value is -3.47. The Labute approximate surface area is 183 Å². The lowest BCUT2D eigenvalue weighted by Gasteiger charge is -2.39. The molecule has 0 aliphatic carbocycles. The Morgan fingerprint density at radius 3 is 2.32 bits per heavy atom. The Kier molecular flexibility index (Phi) is 5.02. The molecule has 0 saturated carbocycles. The molecule has 2 aliphatic rings. The van der Waals surface area contributed by atoms with Crippen LogP contribution in [0, 0.1) is 0 Å². The van der Waals surface area contributed by atoms with Crippen LogP contribution >= 0.6 is 0 Å². The summed E-state index contributed by atoms with van der Waals surface area (Å²) in [6.45, 7) is 2.65. The third-order valence-corrected chi connectivity index (χ3v) is 6.62. The van der Waals surface area contributed by atoms with Crippen LogP contribution in [0.2, 0.25) is 0 Å². The molecule has 0 aromatic heterocycles. The summed E-state index contributed by atoms with van der Waals surface area (Å²) in [4.78, 5) is 16.9. The zero-order valence-corrected chi connectivity index (χ0v) is 17.5. The molecule has 1 spiro atoms. The van der Waals surface area contributed by atoms with Crippen LogP contribution < -0.4 is 10.6 Å². The van der Waals surface area contributed by atoms with Crippen molar-refractivity contribution in [1.29, 1.82) is 0 Å². The molecule has 1 fully saturated rings. The first-order chi connectivity index (χ1) is 15.1. The maximum Gasteiger partial charge on any atom is 0.410 e. The van der Waals surface area contributed by atoms with Gasteiger partial charge in [0.15, 0.2) is 0 Å². The SMILES string of the molecule is Nc1ccc(N2CC3(CCN(C(=O)OCc4ccccc4)CC3)c3ccccc32)cc1. The van der Waals surface area contributed by atoms with E-state index >= 15 is 0 Å². The Morgan fingerprint density at radius 1 is 0.903 bits per heavy atom. The van der Waals surface area contributed by atoms with Crippen LogP contribution in [0.15, 0.2) is 78.9 Å². The standard InChI is InChI=1S/C26H27N3O2/c27-21-10-12-22(13-11-21)29-19-26(23-8-4-5-9-24(23)29)14-16-28(17-15-26)25(30)31-18-20-6-2-1-3-7-20/h1-13H,14-19,27H2. The lowest BCUT2D eigenvalue weighted by atomic mass is 9.74. The molecule has 2 aliphatic heterocycles. The number of nitrogens with two attached hydrogens (primary N) is 1. The zero-order chi connectivity index (χ0) is 21.3. The number of hydrogen-bond donors (Lipinski definition) is 1. The van der Waals surface area contributed by atoms with Crippen molar-refractivity contribution >= 4 is 23.2 Å². The number of nitrogen functional groups attached to an aromatic ring is 1. The molecular formula is C26H27N3O2. The van der Waals surface area contributed by atoms with Gasteiger partial charge in [-0.25, -0.2) is 4.79 Å². The smallest absolute Gasteiger partial charge is 0.410 e. The van der Waals surface area contributed by atoms with E-state index in [4.69, 9.17) is 10.5 Å². The average molecular weight is 414 g/mol. The Balaban J connectivity index is 1.29. The second-order valence-electron chi connectivity index (χ2n) is 8.50. The predicted octanol–water partition coefficient (Wildman–Crippen LogP) is 5.09. The van der Waals surface area contributed by atoms with E-state index in [-0.39, 0.29) is 11.5 Å². The molecule has 2 N–H and O–H groups in total. The van der Waals surface area contributed by atoms with Crippen molar-refractivity contribution in [3.8, 4) is 0 Å². The van der Waals surface area contributed by atoms with Crippen molar-refractivity contribution in [2.45, 2.75) is 24.9 Å². The van der Waals surface area contributed by atoms with E-state index in [1.807, 2.05) is 47.4 Å². The number of fused-ring (bicyclic) bond motifs is 2. The van der Waals surface area contributed by atoms with Crippen molar-refractivity contribution in [2.75, 3.05) is 30.3 Å². The van der Waals surface area contributed by atoms with Gasteiger partial charge in [0, 0.05) is 42.1 Å². The van der Waals surface area contributed by atoms with Crippen molar-refractivity contribution in [2.24, 2.45) is 0 Å². The Morgan fingerprint density at radius 2 is 1.58 bits per heavy atom. The lowest BCUT2D eigenvalue weighted by Crippen LogP contribution is -2.47. The average Bonchev–Trinajstić information content (AvgIpc) is 3.13. The van der Waals surface area contributed by atoms with Crippen molar-refractivity contribution in [3.63, 3.8) is 0 Å². The van der Waals surface area contributed by atoms with Gasteiger partial charge in [0.2, 0.25) is 0 Å². The van der Waals surface area contributed by atoms with Crippen LogP contribution in [-0.4, -0.2) is 30.6 Å². The summed E-state index contributed by atoms with van der Waals surface area (Å²) in [5.41, 5.74) is 11.5. The number of rotatable bonds is 3. The fourth-order valence-electron chi connectivity index (χ4n) is 4.87. The fraction of sp³-hybridized carbons (Fsp3) is 0.269. The van der Waals surface area contributed by atoms with Crippen LogP contribution in [0.1, 0.15) is 24.0 Å². The van der Waals surface area contributed by atoms with Crippen molar-refractivity contribution < 1.29 is 9.53 Å². The molecule has 3 aromatic rings. The van der Waals surface area contributed by atoms with Gasteiger partial charge >= 0.3 is 6.09 Å². The van der Waals surface area contributed by atoms with Crippen molar-refractivity contribution in [1.82, 2.24) is 4.90 Å². The molecule has 0 radical (unpaired) electrons. The minimum absolute atomic E-state index is 0.0498. The van der Waals surface area contributed by atoms with E-state index in [9.17, 15) is 4.79 Å². The van der Waals surface area contributed by atoms with Crippen LogP contribution in [0.4, 0.5) is 21.9 Å². The fourth-order valence-corrected chi connectivity index (χ4v) is 4.87. The van der Waals surface area contributed by atoms with Gasteiger partial charge in [0.25, 0.3) is 0 Å². The molecule has 0 bridgehead atoms. The van der Waals surface area contributed by atoms with Gasteiger partial charge < -0.3 is 20.3 Å². The number of benzene rings is 3. The highest BCUT2D eigenvalue weighted by molar-refractivity contribution is 5.74. The monoisotopic (exact) mass is 413 g/mol. The maximum atomic E-state index is 12.6. The molecule has 1 amide bonds. The van der Waals surface area contributed by atoms with E-state index < -0.39 is 0 Å². The molecule has 5 heteroatoms. The molecule has 0 unspecified atom stereocenters. The number of amides is 1. The summed E-state index contributed by atoms with van der Waals surface area (Å²) in [7, 11) is 0. The van der Waals surface area contributed by atoms with Crippen LogP contribution in [0.25, 0.3) is 0 Å². The van der Waals surface area contributed by atoms with Gasteiger partial charge in [-0.3, -0.25) is 0 Å². The molecule has 0 atom stereocenters. The van der Waals surface area contributed by atoms with Gasteiger partial charge in [-0.2, -0.15) is 0 Å². The van der Waals surface area contributed by atoms with E-state index in [1.165, 1.54) is 11.3 Å². The topological polar surface area (TPSA) is 58.8 Å². The number of hydrogen-bond acceptors (Lipinski definition) is 4. The minimum Gasteiger partial charge on any atom is -0.445 e. The first-order valence-corrected chi connectivity index (χ1v) is 10.8. The lowest BCUT2D eigenvalue weighted by molar-refractivity contribution is 0.0791. The van der Waals surface area contributed by atoms with Crippen LogP contribution in [0.5, 0.6) is 0 Å². The highest BCUT2D eigenvalue weighted by Crippen LogP contribution is 2.49.